The highest BCUT2D eigenvalue weighted by molar-refractivity contribution is 5.94. The Balaban J connectivity index is 0.00000192. The van der Waals surface area contributed by atoms with Crippen LogP contribution in [0.5, 0.6) is 0 Å². The molecule has 3 atom stereocenters. The minimum Gasteiger partial charge on any atom is -0.337 e. The molecule has 1 aliphatic heterocycles. The van der Waals surface area contributed by atoms with Crippen molar-refractivity contribution in [3.05, 3.63) is 47.9 Å². The van der Waals surface area contributed by atoms with E-state index < -0.39 is 0 Å². The summed E-state index contributed by atoms with van der Waals surface area (Å²) < 4.78 is 1.74. The van der Waals surface area contributed by atoms with Crippen LogP contribution in [0.25, 0.3) is 16.6 Å². The highest BCUT2D eigenvalue weighted by Gasteiger charge is 2.43. The van der Waals surface area contributed by atoms with E-state index in [1.807, 2.05) is 42.2 Å². The number of aromatic nitrogens is 4. The number of pyridine rings is 1. The zero-order chi connectivity index (χ0) is 18.5. The third-order valence-corrected chi connectivity index (χ3v) is 6.15. The zero-order valence-electron chi connectivity index (χ0n) is 15.7. The molecule has 2 fully saturated rings. The van der Waals surface area contributed by atoms with Crippen LogP contribution in [0.1, 0.15) is 29.0 Å². The minimum absolute atomic E-state index is 0. The maximum atomic E-state index is 13.1. The molecule has 0 bridgehead atoms. The molecule has 1 amide bonds. The van der Waals surface area contributed by atoms with Crippen molar-refractivity contribution in [2.45, 2.75) is 25.8 Å². The van der Waals surface area contributed by atoms with Crippen molar-refractivity contribution in [1.29, 1.82) is 0 Å². The summed E-state index contributed by atoms with van der Waals surface area (Å²) in [4.78, 5) is 19.4. The van der Waals surface area contributed by atoms with Crippen LogP contribution in [0, 0.1) is 18.8 Å². The van der Waals surface area contributed by atoms with Crippen LogP contribution in [0.15, 0.2) is 36.5 Å². The molecule has 8 heteroatoms. The van der Waals surface area contributed by atoms with Gasteiger partial charge in [0.1, 0.15) is 0 Å². The summed E-state index contributed by atoms with van der Waals surface area (Å²) in [7, 11) is 0. The van der Waals surface area contributed by atoms with E-state index in [2.05, 4.69) is 15.3 Å². The van der Waals surface area contributed by atoms with Gasteiger partial charge in [-0.05, 0) is 55.9 Å². The molecule has 1 saturated carbocycles. The highest BCUT2D eigenvalue weighted by atomic mass is 35.5. The fourth-order valence-electron chi connectivity index (χ4n) is 4.65. The molecule has 1 aliphatic carbocycles. The smallest absolute Gasteiger partial charge is 0.276 e. The van der Waals surface area contributed by atoms with Gasteiger partial charge in [0, 0.05) is 30.7 Å². The molecule has 0 spiro atoms. The average molecular weight is 399 g/mol. The van der Waals surface area contributed by atoms with Crippen LogP contribution in [0.4, 0.5) is 0 Å². The molecule has 7 nitrogen and oxygen atoms in total. The second-order valence-electron chi connectivity index (χ2n) is 7.66. The monoisotopic (exact) mass is 398 g/mol. The molecular formula is C20H23ClN6O. The number of hydrogen-bond donors (Lipinski definition) is 1. The Kier molecular flexibility index (Phi) is 4.81. The number of hydrogen-bond acceptors (Lipinski definition) is 5. The molecule has 0 radical (unpaired) electrons. The largest absolute Gasteiger partial charge is 0.337 e. The average Bonchev–Trinajstić information content (AvgIpc) is 3.37. The van der Waals surface area contributed by atoms with Gasteiger partial charge in [0.05, 0.1) is 16.9 Å². The summed E-state index contributed by atoms with van der Waals surface area (Å²) in [5.41, 5.74) is 9.14. The number of carbonyl (C=O) groups is 1. The molecule has 2 N–H and O–H groups in total. The van der Waals surface area contributed by atoms with Gasteiger partial charge in [-0.25, -0.2) is 4.68 Å². The van der Waals surface area contributed by atoms with Crippen molar-refractivity contribution in [3.8, 4) is 5.69 Å². The number of likely N-dealkylation sites (tertiary alicyclic amines) is 1. The first-order valence-electron chi connectivity index (χ1n) is 9.45. The molecule has 1 aromatic carbocycles. The first-order valence-corrected chi connectivity index (χ1v) is 9.45. The number of amides is 1. The predicted molar refractivity (Wildman–Crippen MR) is 109 cm³/mol. The van der Waals surface area contributed by atoms with E-state index in [-0.39, 0.29) is 24.4 Å². The molecule has 1 saturated heterocycles. The second-order valence-corrected chi connectivity index (χ2v) is 7.66. The van der Waals surface area contributed by atoms with E-state index in [0.29, 0.717) is 17.5 Å². The summed E-state index contributed by atoms with van der Waals surface area (Å²) in [6.07, 6.45) is 3.95. The zero-order valence-corrected chi connectivity index (χ0v) is 16.5. The molecular weight excluding hydrogens is 376 g/mol. The Morgan fingerprint density at radius 1 is 1.18 bits per heavy atom. The van der Waals surface area contributed by atoms with Crippen LogP contribution in [-0.2, 0) is 0 Å². The summed E-state index contributed by atoms with van der Waals surface area (Å²) in [5, 5.41) is 9.49. The van der Waals surface area contributed by atoms with Crippen molar-refractivity contribution in [1.82, 2.24) is 24.9 Å². The number of benzene rings is 1. The van der Waals surface area contributed by atoms with E-state index in [9.17, 15) is 4.79 Å². The van der Waals surface area contributed by atoms with E-state index in [1.165, 1.54) is 0 Å². The lowest BCUT2D eigenvalue weighted by atomic mass is 9.98. The second kappa shape index (κ2) is 7.14. The minimum atomic E-state index is -0.0429. The Morgan fingerprint density at radius 3 is 2.86 bits per heavy atom. The van der Waals surface area contributed by atoms with E-state index >= 15 is 0 Å². The Morgan fingerprint density at radius 2 is 2.04 bits per heavy atom. The number of nitrogens with zero attached hydrogens (tertiary/aromatic N) is 5. The number of carbonyl (C=O) groups excluding carboxylic acids is 1. The lowest BCUT2D eigenvalue weighted by Gasteiger charge is -2.18. The van der Waals surface area contributed by atoms with E-state index in [1.54, 1.807) is 10.9 Å². The summed E-state index contributed by atoms with van der Waals surface area (Å²) in [5.74, 6) is 0.913. The Hall–Kier alpha value is -2.51. The Bertz CT molecular complexity index is 1030. The fourth-order valence-corrected chi connectivity index (χ4v) is 4.65. The molecule has 3 unspecified atom stereocenters. The van der Waals surface area contributed by atoms with Crippen LogP contribution in [-0.4, -0.2) is 49.9 Å². The van der Waals surface area contributed by atoms with Gasteiger partial charge in [-0.15, -0.1) is 17.5 Å². The predicted octanol–water partition coefficient (Wildman–Crippen LogP) is 2.36. The van der Waals surface area contributed by atoms with Crippen molar-refractivity contribution in [3.63, 3.8) is 0 Å². The third-order valence-electron chi connectivity index (χ3n) is 6.15. The van der Waals surface area contributed by atoms with Crippen molar-refractivity contribution in [2.24, 2.45) is 17.6 Å². The molecule has 5 rings (SSSR count). The van der Waals surface area contributed by atoms with Gasteiger partial charge in [0.2, 0.25) is 0 Å². The standard InChI is InChI=1S/C20H22N6O.ClH/c1-12-19(20(27)25-10-13-7-8-16(21)15(13)11-25)23-24-26(12)18-6-2-5-17-14(18)4-3-9-22-17;/h2-6,9,13,15-16H,7-8,10-11,21H2,1H3;1H. The lowest BCUT2D eigenvalue weighted by molar-refractivity contribution is 0.0773. The van der Waals surface area contributed by atoms with Gasteiger partial charge < -0.3 is 10.6 Å². The van der Waals surface area contributed by atoms with E-state index in [4.69, 9.17) is 5.73 Å². The maximum Gasteiger partial charge on any atom is 0.276 e. The quantitative estimate of drug-likeness (QED) is 0.715. The topological polar surface area (TPSA) is 89.9 Å². The number of halogens is 1. The van der Waals surface area contributed by atoms with Gasteiger partial charge in [-0.3, -0.25) is 9.78 Å². The van der Waals surface area contributed by atoms with Crippen LogP contribution >= 0.6 is 12.4 Å². The van der Waals surface area contributed by atoms with Gasteiger partial charge in [-0.2, -0.15) is 0 Å². The molecule has 146 valence electrons. The van der Waals surface area contributed by atoms with Gasteiger partial charge >= 0.3 is 0 Å². The highest BCUT2D eigenvalue weighted by Crippen LogP contribution is 2.37. The fraction of sp³-hybridized carbons (Fsp3) is 0.400. The molecule has 3 aromatic rings. The third kappa shape index (κ3) is 2.86. The summed E-state index contributed by atoms with van der Waals surface area (Å²) >= 11 is 0. The van der Waals surface area contributed by atoms with Crippen molar-refractivity contribution >= 4 is 29.2 Å². The number of nitrogens with two attached hydrogens (primary N) is 1. The van der Waals surface area contributed by atoms with Crippen molar-refractivity contribution in [2.75, 3.05) is 13.1 Å². The first-order chi connectivity index (χ1) is 13.1. The maximum absolute atomic E-state index is 13.1. The number of fused-ring (bicyclic) bond motifs is 2. The lowest BCUT2D eigenvalue weighted by Crippen LogP contribution is -2.34. The van der Waals surface area contributed by atoms with Gasteiger partial charge in [-0.1, -0.05) is 11.3 Å². The Labute approximate surface area is 169 Å². The SMILES string of the molecule is Cc1c(C(=O)N2CC3CCC(N)C3C2)nnn1-c1cccc2ncccc12.Cl. The molecule has 3 heterocycles. The first kappa shape index (κ1) is 18.8. The summed E-state index contributed by atoms with van der Waals surface area (Å²) in [6, 6.07) is 9.99. The molecule has 28 heavy (non-hydrogen) atoms. The van der Waals surface area contributed by atoms with Crippen LogP contribution in [0.3, 0.4) is 0 Å². The van der Waals surface area contributed by atoms with Crippen LogP contribution < -0.4 is 5.73 Å². The van der Waals surface area contributed by atoms with Crippen molar-refractivity contribution < 1.29 is 4.79 Å². The summed E-state index contributed by atoms with van der Waals surface area (Å²) in [6.45, 7) is 3.40. The van der Waals surface area contributed by atoms with Crippen LogP contribution in [0.2, 0.25) is 0 Å². The number of rotatable bonds is 2. The van der Waals surface area contributed by atoms with Gasteiger partial charge in [0.15, 0.2) is 5.69 Å². The molecule has 2 aliphatic rings. The van der Waals surface area contributed by atoms with Gasteiger partial charge in [0.25, 0.3) is 5.91 Å². The molecule has 2 aromatic heterocycles. The normalized spacial score (nSPS) is 23.6. The van der Waals surface area contributed by atoms with E-state index in [0.717, 1.165) is 48.2 Å².